The second-order valence-corrected chi connectivity index (χ2v) is 9.38. The molecule has 0 saturated heterocycles. The third-order valence-electron chi connectivity index (χ3n) is 6.64. The van der Waals surface area contributed by atoms with E-state index < -0.39 is 6.04 Å². The lowest BCUT2D eigenvalue weighted by atomic mass is 10.0. The molecule has 0 spiro atoms. The molecule has 194 valence electrons. The molecule has 0 bridgehead atoms. The minimum Gasteiger partial charge on any atom is -0.385 e. The van der Waals surface area contributed by atoms with Crippen molar-refractivity contribution in [3.8, 4) is 0 Å². The van der Waals surface area contributed by atoms with Crippen LogP contribution in [0.3, 0.4) is 0 Å². The van der Waals surface area contributed by atoms with E-state index in [1.54, 1.807) is 13.3 Å². The average molecular weight is 501 g/mol. The number of ether oxygens (including phenoxy) is 1. The van der Waals surface area contributed by atoms with Crippen LogP contribution in [-0.4, -0.2) is 53.5 Å². The molecule has 2 aromatic heterocycles. The van der Waals surface area contributed by atoms with Crippen LogP contribution in [0.1, 0.15) is 49.8 Å². The van der Waals surface area contributed by atoms with Gasteiger partial charge in [-0.25, -0.2) is 0 Å². The van der Waals surface area contributed by atoms with E-state index >= 15 is 0 Å². The molecular formula is C30H36N4O3. The van der Waals surface area contributed by atoms with Crippen LogP contribution in [0.5, 0.6) is 0 Å². The minimum atomic E-state index is -0.820. The Morgan fingerprint density at radius 1 is 1.05 bits per heavy atom. The third kappa shape index (κ3) is 6.74. The molecule has 0 aliphatic carbocycles. The monoisotopic (exact) mass is 500 g/mol. The summed E-state index contributed by atoms with van der Waals surface area (Å²) in [5.74, 6) is -0.321. The number of nitrogens with one attached hydrogen (secondary N) is 2. The van der Waals surface area contributed by atoms with Gasteiger partial charge in [-0.3, -0.25) is 14.6 Å². The van der Waals surface area contributed by atoms with Crippen LogP contribution < -0.4 is 5.32 Å². The number of aromatic nitrogens is 2. The lowest BCUT2D eigenvalue weighted by molar-refractivity contribution is -0.136. The van der Waals surface area contributed by atoms with Crippen molar-refractivity contribution in [3.63, 3.8) is 0 Å². The number of unbranched alkanes of at least 4 members (excludes halogenated alkanes) is 2. The smallest absolute Gasteiger partial charge is 0.249 e. The Bertz CT molecular complexity index is 1320. The van der Waals surface area contributed by atoms with E-state index in [1.165, 1.54) is 0 Å². The van der Waals surface area contributed by atoms with E-state index in [1.807, 2.05) is 65.7 Å². The van der Waals surface area contributed by atoms with Crippen molar-refractivity contribution < 1.29 is 14.3 Å². The highest BCUT2D eigenvalue weighted by molar-refractivity contribution is 5.93. The fourth-order valence-electron chi connectivity index (χ4n) is 4.66. The molecule has 0 aliphatic rings. The number of amides is 2. The van der Waals surface area contributed by atoms with Crippen LogP contribution in [0, 0.1) is 0 Å². The first kappa shape index (κ1) is 26.4. The predicted octanol–water partition coefficient (Wildman–Crippen LogP) is 5.17. The van der Waals surface area contributed by atoms with Crippen molar-refractivity contribution in [2.45, 2.75) is 45.1 Å². The van der Waals surface area contributed by atoms with Gasteiger partial charge in [0.25, 0.3) is 0 Å². The third-order valence-corrected chi connectivity index (χ3v) is 6.64. The summed E-state index contributed by atoms with van der Waals surface area (Å²) >= 11 is 0. The van der Waals surface area contributed by atoms with Gasteiger partial charge in [0.15, 0.2) is 0 Å². The molecule has 7 heteroatoms. The van der Waals surface area contributed by atoms with Crippen molar-refractivity contribution in [1.29, 1.82) is 0 Å². The number of carbonyl (C=O) groups is 2. The molecular weight excluding hydrogens is 464 g/mol. The summed E-state index contributed by atoms with van der Waals surface area (Å²) in [4.78, 5) is 36.9. The maximum atomic E-state index is 14.0. The first-order valence-electron chi connectivity index (χ1n) is 13.1. The summed E-state index contributed by atoms with van der Waals surface area (Å²) in [6.45, 7) is 3.94. The zero-order valence-corrected chi connectivity index (χ0v) is 21.7. The Hall–Kier alpha value is -3.71. The minimum absolute atomic E-state index is 0.114. The number of carbonyl (C=O) groups excluding carboxylic acids is 2. The van der Waals surface area contributed by atoms with Gasteiger partial charge in [0.1, 0.15) is 6.04 Å². The van der Waals surface area contributed by atoms with Gasteiger partial charge in [-0.15, -0.1) is 0 Å². The van der Waals surface area contributed by atoms with Crippen molar-refractivity contribution in [2.24, 2.45) is 0 Å². The zero-order valence-electron chi connectivity index (χ0n) is 21.7. The van der Waals surface area contributed by atoms with Crippen molar-refractivity contribution in [2.75, 3.05) is 26.8 Å². The van der Waals surface area contributed by atoms with Gasteiger partial charge >= 0.3 is 0 Å². The van der Waals surface area contributed by atoms with Crippen LogP contribution in [0.15, 0.2) is 67.0 Å². The van der Waals surface area contributed by atoms with Gasteiger partial charge in [0, 0.05) is 61.1 Å². The fraction of sp³-hybridized carbons (Fsp3) is 0.367. The largest absolute Gasteiger partial charge is 0.385 e. The van der Waals surface area contributed by atoms with Gasteiger partial charge < -0.3 is 19.9 Å². The average Bonchev–Trinajstić information content (AvgIpc) is 3.33. The molecule has 1 atom stereocenters. The van der Waals surface area contributed by atoms with Crippen LogP contribution in [0.25, 0.3) is 21.8 Å². The maximum absolute atomic E-state index is 14.0. The molecule has 2 amide bonds. The summed E-state index contributed by atoms with van der Waals surface area (Å²) in [5, 5.41) is 4.99. The molecule has 0 unspecified atom stereocenters. The van der Waals surface area contributed by atoms with Crippen LogP contribution in [0.2, 0.25) is 0 Å². The molecule has 0 saturated carbocycles. The SMILES string of the molecule is CCCCCN(CCCOC)C(=O)[C@H](NC(=O)Cc1c[nH]c2ccccc12)c1cnc2ccccc2c1. The number of benzene rings is 2. The summed E-state index contributed by atoms with van der Waals surface area (Å²) in [5.41, 5.74) is 3.42. The number of hydrogen-bond donors (Lipinski definition) is 2. The van der Waals surface area contributed by atoms with Gasteiger partial charge in [0.05, 0.1) is 11.9 Å². The van der Waals surface area contributed by atoms with Gasteiger partial charge in [-0.2, -0.15) is 0 Å². The highest BCUT2D eigenvalue weighted by atomic mass is 16.5. The van der Waals surface area contributed by atoms with Gasteiger partial charge in [-0.1, -0.05) is 56.2 Å². The van der Waals surface area contributed by atoms with Gasteiger partial charge in [-0.05, 0) is 36.6 Å². The number of methoxy groups -OCH3 is 1. The molecule has 4 rings (SSSR count). The fourth-order valence-corrected chi connectivity index (χ4v) is 4.66. The standard InChI is InChI=1S/C30H36N4O3/c1-3-4-9-15-34(16-10-17-37-2)30(36)29(24-18-22-11-5-7-13-26(22)31-21-24)33-28(35)19-23-20-32-27-14-8-6-12-25(23)27/h5-8,11-14,18,20-21,29,32H,3-4,9-10,15-17,19H2,1-2H3,(H,33,35)/t29-/m1/s1. The second kappa shape index (κ2) is 13.0. The summed E-state index contributed by atoms with van der Waals surface area (Å²) in [6.07, 6.45) is 7.51. The number of nitrogens with zero attached hydrogens (tertiary/aromatic N) is 2. The molecule has 4 aromatic rings. The number of fused-ring (bicyclic) bond motifs is 2. The lowest BCUT2D eigenvalue weighted by Crippen LogP contribution is -2.44. The Balaban J connectivity index is 1.61. The van der Waals surface area contributed by atoms with Crippen LogP contribution >= 0.6 is 0 Å². The zero-order chi connectivity index (χ0) is 26.0. The second-order valence-electron chi connectivity index (χ2n) is 9.38. The van der Waals surface area contributed by atoms with Crippen molar-refractivity contribution >= 4 is 33.6 Å². The highest BCUT2D eigenvalue weighted by Gasteiger charge is 2.28. The Kier molecular flexibility index (Phi) is 9.27. The molecule has 2 heterocycles. The number of H-pyrrole nitrogens is 1. The Morgan fingerprint density at radius 2 is 1.84 bits per heavy atom. The van der Waals surface area contributed by atoms with E-state index in [2.05, 4.69) is 22.2 Å². The van der Waals surface area contributed by atoms with Gasteiger partial charge in [0.2, 0.25) is 11.8 Å². The Labute approximate surface area is 218 Å². The summed E-state index contributed by atoms with van der Waals surface area (Å²) in [7, 11) is 1.66. The maximum Gasteiger partial charge on any atom is 0.249 e. The van der Waals surface area contributed by atoms with Crippen molar-refractivity contribution in [3.05, 3.63) is 78.1 Å². The van der Waals surface area contributed by atoms with E-state index in [0.717, 1.165) is 53.1 Å². The molecule has 0 radical (unpaired) electrons. The first-order valence-corrected chi connectivity index (χ1v) is 13.1. The number of hydrogen-bond acceptors (Lipinski definition) is 4. The molecule has 7 nitrogen and oxygen atoms in total. The topological polar surface area (TPSA) is 87.3 Å². The molecule has 0 fully saturated rings. The normalized spacial score (nSPS) is 12.1. The Morgan fingerprint density at radius 3 is 2.68 bits per heavy atom. The summed E-state index contributed by atoms with van der Waals surface area (Å²) in [6, 6.07) is 16.8. The number of rotatable bonds is 13. The molecule has 37 heavy (non-hydrogen) atoms. The molecule has 2 N–H and O–H groups in total. The van der Waals surface area contributed by atoms with E-state index in [-0.39, 0.29) is 18.2 Å². The van der Waals surface area contributed by atoms with Crippen molar-refractivity contribution in [1.82, 2.24) is 20.2 Å². The summed E-state index contributed by atoms with van der Waals surface area (Å²) < 4.78 is 5.23. The predicted molar refractivity (Wildman–Crippen MR) is 147 cm³/mol. The van der Waals surface area contributed by atoms with E-state index in [9.17, 15) is 9.59 Å². The number of para-hydroxylation sites is 2. The quantitative estimate of drug-likeness (QED) is 0.248. The molecule has 2 aromatic carbocycles. The number of pyridine rings is 1. The van der Waals surface area contributed by atoms with Crippen LogP contribution in [-0.2, 0) is 20.7 Å². The van der Waals surface area contributed by atoms with Crippen LogP contribution in [0.4, 0.5) is 0 Å². The van der Waals surface area contributed by atoms with E-state index in [4.69, 9.17) is 4.74 Å². The molecule has 0 aliphatic heterocycles. The number of aromatic amines is 1. The first-order chi connectivity index (χ1) is 18.1. The van der Waals surface area contributed by atoms with E-state index in [0.29, 0.717) is 25.3 Å². The highest BCUT2D eigenvalue weighted by Crippen LogP contribution is 2.23. The lowest BCUT2D eigenvalue weighted by Gasteiger charge is -2.28.